The molecule has 0 radical (unpaired) electrons. The van der Waals surface area contributed by atoms with E-state index in [1.807, 2.05) is 0 Å². The van der Waals surface area contributed by atoms with Gasteiger partial charge in [0.25, 0.3) is 0 Å². The Morgan fingerprint density at radius 1 is 1.40 bits per heavy atom. The Morgan fingerprint density at radius 2 is 2.20 bits per heavy atom. The van der Waals surface area contributed by atoms with Crippen LogP contribution in [0.1, 0.15) is 6.42 Å². The average molecular weight is 365 g/mol. The van der Waals surface area contributed by atoms with Gasteiger partial charge in [-0.05, 0) is 43.4 Å². The first kappa shape index (κ1) is 17.7. The van der Waals surface area contributed by atoms with Crippen molar-refractivity contribution >= 4 is 33.9 Å². The number of halogens is 1. The lowest BCUT2D eigenvalue weighted by Gasteiger charge is -2.26. The smallest absolute Gasteiger partial charge is 0.218 e. The highest BCUT2D eigenvalue weighted by Gasteiger charge is 2.11. The fourth-order valence-corrected chi connectivity index (χ4v) is 2.84. The van der Waals surface area contributed by atoms with Gasteiger partial charge in [0.05, 0.1) is 18.7 Å². The van der Waals surface area contributed by atoms with Gasteiger partial charge >= 0.3 is 0 Å². The molecule has 2 heterocycles. The minimum atomic E-state index is -0.394. The van der Waals surface area contributed by atoms with Crippen LogP contribution in [0.25, 0.3) is 10.9 Å². The first-order chi connectivity index (χ1) is 12.1. The summed E-state index contributed by atoms with van der Waals surface area (Å²) >= 11 is 5.13. The average Bonchev–Trinajstić information content (AvgIpc) is 2.92. The molecule has 3 rings (SSSR count). The normalized spacial score (nSPS) is 15.9. The number of thiocarbonyl (C=S) groups is 1. The number of fused-ring (bicyclic) bond motifs is 1. The summed E-state index contributed by atoms with van der Waals surface area (Å²) in [6.45, 7) is 5.18. The van der Waals surface area contributed by atoms with Gasteiger partial charge < -0.3 is 20.1 Å². The molecule has 134 valence electrons. The number of ether oxygens (including phenoxy) is 1. The maximum absolute atomic E-state index is 13.2. The molecule has 1 aliphatic heterocycles. The van der Waals surface area contributed by atoms with Gasteiger partial charge in [-0.15, -0.1) is 10.2 Å². The third-order valence-corrected chi connectivity index (χ3v) is 4.21. The van der Waals surface area contributed by atoms with Crippen LogP contribution < -0.4 is 5.32 Å². The quantitative estimate of drug-likeness (QED) is 0.431. The summed E-state index contributed by atoms with van der Waals surface area (Å²) in [5.74, 6) is -0.561. The van der Waals surface area contributed by atoms with Crippen LogP contribution in [0.4, 0.5) is 10.1 Å². The van der Waals surface area contributed by atoms with E-state index in [0.29, 0.717) is 17.4 Å². The molecule has 0 amide bonds. The number of hydrogen-bond acceptors (Lipinski definition) is 5. The van der Waals surface area contributed by atoms with Gasteiger partial charge in [-0.25, -0.2) is 4.39 Å². The van der Waals surface area contributed by atoms with E-state index in [2.05, 4.69) is 25.4 Å². The zero-order chi connectivity index (χ0) is 17.6. The van der Waals surface area contributed by atoms with Gasteiger partial charge in [0.1, 0.15) is 5.82 Å². The van der Waals surface area contributed by atoms with Crippen molar-refractivity contribution in [1.82, 2.24) is 15.2 Å². The number of morpholine rings is 1. The van der Waals surface area contributed by atoms with E-state index in [4.69, 9.17) is 17.0 Å². The molecule has 0 aliphatic carbocycles. The van der Waals surface area contributed by atoms with Crippen LogP contribution in [-0.4, -0.2) is 59.5 Å². The molecule has 0 spiro atoms. The number of nitrogens with zero attached hydrogens (tertiary/aromatic N) is 3. The highest BCUT2D eigenvalue weighted by Crippen LogP contribution is 2.35. The molecule has 1 aromatic carbocycles. The van der Waals surface area contributed by atoms with E-state index < -0.39 is 5.82 Å². The van der Waals surface area contributed by atoms with Crippen LogP contribution in [0.5, 0.6) is 5.88 Å². The largest absolute Gasteiger partial charge is 0.493 e. The van der Waals surface area contributed by atoms with Crippen molar-refractivity contribution in [2.75, 3.05) is 39.4 Å². The summed E-state index contributed by atoms with van der Waals surface area (Å²) in [7, 11) is 0. The SMILES string of the molecule is Oc1[nH]c2cc(F)ccc2c1N=NC(=S)NCCCN1CCOCC1. The number of azo groups is 1. The van der Waals surface area contributed by atoms with Crippen LogP contribution in [0, 0.1) is 5.82 Å². The minimum absolute atomic E-state index is 0.167. The topological polar surface area (TPSA) is 85.2 Å². The molecule has 1 fully saturated rings. The molecule has 1 aromatic heterocycles. The molecule has 9 heteroatoms. The number of benzene rings is 1. The van der Waals surface area contributed by atoms with E-state index in [-0.39, 0.29) is 16.7 Å². The summed E-state index contributed by atoms with van der Waals surface area (Å²) in [6, 6.07) is 4.13. The highest BCUT2D eigenvalue weighted by atomic mass is 32.1. The van der Waals surface area contributed by atoms with Gasteiger partial charge in [0.2, 0.25) is 11.0 Å². The van der Waals surface area contributed by atoms with Crippen molar-refractivity contribution in [3.8, 4) is 5.88 Å². The van der Waals surface area contributed by atoms with Gasteiger partial charge in [-0.2, -0.15) is 0 Å². The zero-order valence-corrected chi connectivity index (χ0v) is 14.5. The molecule has 2 aromatic rings. The standard InChI is InChI=1S/C16H20FN5O2S/c17-11-2-3-12-13(10-11)19-15(23)14(12)20-21-16(25)18-4-1-5-22-6-8-24-9-7-22/h2-3,10,19,23H,1,4-9H2,(H,18,25). The number of rotatable bonds is 5. The fraction of sp³-hybridized carbons (Fsp3) is 0.438. The molecule has 0 unspecified atom stereocenters. The van der Waals surface area contributed by atoms with Crippen molar-refractivity contribution in [2.45, 2.75) is 6.42 Å². The van der Waals surface area contributed by atoms with Crippen molar-refractivity contribution in [3.63, 3.8) is 0 Å². The first-order valence-electron chi connectivity index (χ1n) is 8.13. The predicted octanol–water partition coefficient (Wildman–Crippen LogP) is 2.69. The van der Waals surface area contributed by atoms with Crippen LogP contribution in [0.2, 0.25) is 0 Å². The monoisotopic (exact) mass is 365 g/mol. The fourth-order valence-electron chi connectivity index (χ4n) is 2.70. The van der Waals surface area contributed by atoms with E-state index >= 15 is 0 Å². The first-order valence-corrected chi connectivity index (χ1v) is 8.54. The lowest BCUT2D eigenvalue weighted by Crippen LogP contribution is -2.37. The third kappa shape index (κ3) is 4.71. The molecule has 1 saturated heterocycles. The molecular formula is C16H20FN5O2S. The number of aromatic hydroxyl groups is 1. The molecule has 0 saturated carbocycles. The Balaban J connectivity index is 1.50. The van der Waals surface area contributed by atoms with Crippen LogP contribution in [0.15, 0.2) is 28.4 Å². The number of hydrogen-bond donors (Lipinski definition) is 3. The van der Waals surface area contributed by atoms with Crippen molar-refractivity contribution < 1.29 is 14.2 Å². The Kier molecular flexibility index (Phi) is 5.90. The summed E-state index contributed by atoms with van der Waals surface area (Å²) in [5, 5.41) is 21.6. The summed E-state index contributed by atoms with van der Waals surface area (Å²) in [4.78, 5) is 5.01. The van der Waals surface area contributed by atoms with Gasteiger partial charge in [-0.3, -0.25) is 4.90 Å². The maximum Gasteiger partial charge on any atom is 0.218 e. The molecular weight excluding hydrogens is 345 g/mol. The Morgan fingerprint density at radius 3 is 3.00 bits per heavy atom. The van der Waals surface area contributed by atoms with Crippen molar-refractivity contribution in [1.29, 1.82) is 0 Å². The van der Waals surface area contributed by atoms with Gasteiger partial charge in [0, 0.05) is 25.0 Å². The van der Waals surface area contributed by atoms with Gasteiger partial charge in [0.15, 0.2) is 5.69 Å². The molecule has 0 atom stereocenters. The van der Waals surface area contributed by atoms with E-state index in [9.17, 15) is 9.50 Å². The summed E-state index contributed by atoms with van der Waals surface area (Å²) < 4.78 is 18.5. The minimum Gasteiger partial charge on any atom is -0.493 e. The molecule has 3 N–H and O–H groups in total. The van der Waals surface area contributed by atoms with Crippen LogP contribution >= 0.6 is 12.2 Å². The van der Waals surface area contributed by atoms with E-state index in [1.54, 1.807) is 0 Å². The number of aromatic amines is 1. The lowest BCUT2D eigenvalue weighted by atomic mass is 10.2. The lowest BCUT2D eigenvalue weighted by molar-refractivity contribution is 0.0376. The van der Waals surface area contributed by atoms with E-state index in [0.717, 1.165) is 39.3 Å². The van der Waals surface area contributed by atoms with Gasteiger partial charge in [-0.1, -0.05) is 0 Å². The molecule has 1 aliphatic rings. The summed E-state index contributed by atoms with van der Waals surface area (Å²) in [6.07, 6.45) is 0.938. The Bertz CT molecular complexity index is 773. The molecule has 0 bridgehead atoms. The second kappa shape index (κ2) is 8.32. The number of H-pyrrole nitrogens is 1. The van der Waals surface area contributed by atoms with E-state index in [1.165, 1.54) is 18.2 Å². The highest BCUT2D eigenvalue weighted by molar-refractivity contribution is 7.80. The summed E-state index contributed by atoms with van der Waals surface area (Å²) in [5.41, 5.74) is 0.698. The third-order valence-electron chi connectivity index (χ3n) is 3.99. The maximum atomic E-state index is 13.2. The second-order valence-corrected chi connectivity index (χ2v) is 6.14. The van der Waals surface area contributed by atoms with Crippen molar-refractivity contribution in [3.05, 3.63) is 24.0 Å². The van der Waals surface area contributed by atoms with Crippen LogP contribution in [-0.2, 0) is 4.74 Å². The Hall–Kier alpha value is -2.10. The van der Waals surface area contributed by atoms with Crippen molar-refractivity contribution in [2.24, 2.45) is 10.2 Å². The zero-order valence-electron chi connectivity index (χ0n) is 13.7. The molecule has 25 heavy (non-hydrogen) atoms. The Labute approximate surface area is 149 Å². The van der Waals surface area contributed by atoms with Crippen LogP contribution in [0.3, 0.4) is 0 Å². The molecule has 7 nitrogen and oxygen atoms in total. The predicted molar refractivity (Wildman–Crippen MR) is 96.9 cm³/mol. The number of aromatic nitrogens is 1. The second-order valence-electron chi connectivity index (χ2n) is 5.75. The number of nitrogens with one attached hydrogen (secondary N) is 2.